The summed E-state index contributed by atoms with van der Waals surface area (Å²) in [5.41, 5.74) is 2.25. The van der Waals surface area contributed by atoms with Crippen LogP contribution < -0.4 is 10.6 Å². The summed E-state index contributed by atoms with van der Waals surface area (Å²) in [7, 11) is 0. The molecule has 2 aromatic carbocycles. The van der Waals surface area contributed by atoms with Crippen LogP contribution in [0.1, 0.15) is 17.3 Å². The molecule has 0 atom stereocenters. The molecular weight excluding hydrogens is 300 g/mol. The van der Waals surface area contributed by atoms with Gasteiger partial charge in [-0.3, -0.25) is 4.79 Å². The Morgan fingerprint density at radius 1 is 1.17 bits per heavy atom. The van der Waals surface area contributed by atoms with Crippen molar-refractivity contribution in [3.63, 3.8) is 0 Å². The summed E-state index contributed by atoms with van der Waals surface area (Å²) in [6.07, 6.45) is 1.78. The summed E-state index contributed by atoms with van der Waals surface area (Å²) >= 11 is 0. The van der Waals surface area contributed by atoms with Crippen LogP contribution in [0.4, 0.5) is 17.5 Å². The normalized spacial score (nSPS) is 10.4. The topological polar surface area (TPSA) is 66.9 Å². The average Bonchev–Trinajstić information content (AvgIpc) is 2.60. The van der Waals surface area contributed by atoms with Crippen LogP contribution in [-0.4, -0.2) is 22.3 Å². The second-order valence-corrected chi connectivity index (χ2v) is 5.34. The Morgan fingerprint density at radius 2 is 2.00 bits per heavy atom. The van der Waals surface area contributed by atoms with E-state index in [4.69, 9.17) is 0 Å². The van der Waals surface area contributed by atoms with Gasteiger partial charge in [-0.15, -0.1) is 6.58 Å². The highest BCUT2D eigenvalue weighted by molar-refractivity contribution is 5.95. The average molecular weight is 318 g/mol. The molecule has 3 aromatic rings. The Labute approximate surface area is 140 Å². The predicted molar refractivity (Wildman–Crippen MR) is 98.0 cm³/mol. The number of nitrogens with zero attached hydrogens (tertiary/aromatic N) is 2. The number of nitrogens with one attached hydrogen (secondary N) is 2. The fraction of sp³-hybridized carbons (Fsp3) is 0.105. The second kappa shape index (κ2) is 6.91. The van der Waals surface area contributed by atoms with E-state index < -0.39 is 0 Å². The number of aromatic nitrogens is 2. The first-order valence-electron chi connectivity index (χ1n) is 7.67. The van der Waals surface area contributed by atoms with Gasteiger partial charge < -0.3 is 10.6 Å². The van der Waals surface area contributed by atoms with Crippen molar-refractivity contribution < 1.29 is 4.79 Å². The maximum Gasteiger partial charge on any atom is 0.229 e. The van der Waals surface area contributed by atoms with Crippen LogP contribution in [0.3, 0.4) is 0 Å². The molecule has 0 aliphatic rings. The maximum absolute atomic E-state index is 11.5. The lowest BCUT2D eigenvalue weighted by Gasteiger charge is -2.11. The van der Waals surface area contributed by atoms with Crippen LogP contribution in [0, 0.1) is 0 Å². The van der Waals surface area contributed by atoms with Crippen LogP contribution in [0.15, 0.2) is 61.2 Å². The van der Waals surface area contributed by atoms with E-state index in [1.165, 1.54) is 0 Å². The highest BCUT2D eigenvalue weighted by Crippen LogP contribution is 2.23. The van der Waals surface area contributed by atoms with Crippen molar-refractivity contribution in [1.29, 1.82) is 0 Å². The standard InChI is InChI=1S/C19H18N4O/c1-3-11-20-18-16-9-4-5-10-17(16)22-19(23-18)21-15-8-6-7-14(12-15)13(2)24/h3-10,12H,1,11H2,2H3,(H2,20,21,22,23). The van der Waals surface area contributed by atoms with Gasteiger partial charge in [-0.1, -0.05) is 30.3 Å². The minimum Gasteiger partial charge on any atom is -0.366 e. The molecular formula is C19H18N4O. The molecule has 5 nitrogen and oxygen atoms in total. The van der Waals surface area contributed by atoms with Crippen LogP contribution in [0.25, 0.3) is 10.9 Å². The Bertz CT molecular complexity index is 905. The van der Waals surface area contributed by atoms with E-state index in [2.05, 4.69) is 27.2 Å². The summed E-state index contributed by atoms with van der Waals surface area (Å²) in [5.74, 6) is 1.23. The summed E-state index contributed by atoms with van der Waals surface area (Å²) in [5, 5.41) is 7.34. The summed E-state index contributed by atoms with van der Waals surface area (Å²) in [6.45, 7) is 5.87. The molecule has 0 spiro atoms. The lowest BCUT2D eigenvalue weighted by atomic mass is 10.1. The number of para-hydroxylation sites is 1. The first-order valence-corrected chi connectivity index (χ1v) is 7.67. The van der Waals surface area contributed by atoms with Crippen molar-refractivity contribution >= 4 is 34.1 Å². The zero-order valence-electron chi connectivity index (χ0n) is 13.4. The van der Waals surface area contributed by atoms with Crippen molar-refractivity contribution in [1.82, 2.24) is 9.97 Å². The molecule has 0 saturated heterocycles. The van der Waals surface area contributed by atoms with E-state index in [0.717, 1.165) is 22.4 Å². The molecule has 0 aliphatic carbocycles. The quantitative estimate of drug-likeness (QED) is 0.527. The van der Waals surface area contributed by atoms with Gasteiger partial charge in [0.2, 0.25) is 5.95 Å². The van der Waals surface area contributed by atoms with Crippen LogP contribution in [0.2, 0.25) is 0 Å². The zero-order valence-corrected chi connectivity index (χ0v) is 13.4. The summed E-state index contributed by atoms with van der Waals surface area (Å²) in [4.78, 5) is 20.6. The van der Waals surface area contributed by atoms with Crippen molar-refractivity contribution in [2.24, 2.45) is 0 Å². The van der Waals surface area contributed by atoms with Gasteiger partial charge in [0.25, 0.3) is 0 Å². The third-order valence-electron chi connectivity index (χ3n) is 3.54. The van der Waals surface area contributed by atoms with E-state index in [-0.39, 0.29) is 5.78 Å². The number of hydrogen-bond acceptors (Lipinski definition) is 5. The third-order valence-corrected chi connectivity index (χ3v) is 3.54. The Balaban J connectivity index is 1.98. The molecule has 3 rings (SSSR count). The van der Waals surface area contributed by atoms with Crippen molar-refractivity contribution in [3.8, 4) is 0 Å². The summed E-state index contributed by atoms with van der Waals surface area (Å²) in [6, 6.07) is 15.1. The van der Waals surface area contributed by atoms with Crippen molar-refractivity contribution in [3.05, 3.63) is 66.7 Å². The van der Waals surface area contributed by atoms with Gasteiger partial charge in [-0.25, -0.2) is 4.98 Å². The molecule has 0 unspecified atom stereocenters. The Hall–Kier alpha value is -3.21. The molecule has 2 N–H and O–H groups in total. The molecule has 120 valence electrons. The van der Waals surface area contributed by atoms with E-state index in [0.29, 0.717) is 18.1 Å². The number of rotatable bonds is 6. The van der Waals surface area contributed by atoms with E-state index in [1.807, 2.05) is 36.4 Å². The third kappa shape index (κ3) is 3.41. The fourth-order valence-corrected chi connectivity index (χ4v) is 2.38. The van der Waals surface area contributed by atoms with Crippen LogP contribution in [-0.2, 0) is 0 Å². The highest BCUT2D eigenvalue weighted by Gasteiger charge is 2.08. The molecule has 0 bridgehead atoms. The molecule has 1 aromatic heterocycles. The van der Waals surface area contributed by atoms with E-state index in [1.54, 1.807) is 25.1 Å². The number of anilines is 3. The maximum atomic E-state index is 11.5. The van der Waals surface area contributed by atoms with Gasteiger partial charge >= 0.3 is 0 Å². The number of fused-ring (bicyclic) bond motifs is 1. The monoisotopic (exact) mass is 318 g/mol. The number of Topliss-reactive ketones (excluding diaryl/α,β-unsaturated/α-hetero) is 1. The van der Waals surface area contributed by atoms with Gasteiger partial charge in [-0.05, 0) is 31.2 Å². The van der Waals surface area contributed by atoms with Gasteiger partial charge in [0.05, 0.1) is 5.52 Å². The number of benzene rings is 2. The highest BCUT2D eigenvalue weighted by atomic mass is 16.1. The number of carbonyl (C=O) groups is 1. The first-order chi connectivity index (χ1) is 11.7. The molecule has 0 aliphatic heterocycles. The predicted octanol–water partition coefficient (Wildman–Crippen LogP) is 4.17. The molecule has 24 heavy (non-hydrogen) atoms. The Kier molecular flexibility index (Phi) is 4.52. The summed E-state index contributed by atoms with van der Waals surface area (Å²) < 4.78 is 0. The van der Waals surface area contributed by atoms with Crippen molar-refractivity contribution in [2.45, 2.75) is 6.92 Å². The molecule has 5 heteroatoms. The molecule has 0 saturated carbocycles. The number of hydrogen-bond donors (Lipinski definition) is 2. The van der Waals surface area contributed by atoms with Gasteiger partial charge in [0, 0.05) is 23.2 Å². The molecule has 1 heterocycles. The molecule has 0 amide bonds. The van der Waals surface area contributed by atoms with Crippen LogP contribution in [0.5, 0.6) is 0 Å². The molecule has 0 radical (unpaired) electrons. The van der Waals surface area contributed by atoms with Crippen LogP contribution >= 0.6 is 0 Å². The fourth-order valence-electron chi connectivity index (χ4n) is 2.38. The minimum absolute atomic E-state index is 0.0198. The molecule has 0 fully saturated rings. The number of ketones is 1. The lowest BCUT2D eigenvalue weighted by Crippen LogP contribution is -2.05. The first kappa shape index (κ1) is 15.7. The Morgan fingerprint density at radius 3 is 2.79 bits per heavy atom. The SMILES string of the molecule is C=CCNc1nc(Nc2cccc(C(C)=O)c2)nc2ccccc12. The largest absolute Gasteiger partial charge is 0.366 e. The van der Waals surface area contributed by atoms with Gasteiger partial charge in [-0.2, -0.15) is 4.98 Å². The zero-order chi connectivity index (χ0) is 16.9. The smallest absolute Gasteiger partial charge is 0.229 e. The van der Waals surface area contributed by atoms with E-state index in [9.17, 15) is 4.79 Å². The minimum atomic E-state index is 0.0198. The lowest BCUT2D eigenvalue weighted by molar-refractivity contribution is 0.101. The van der Waals surface area contributed by atoms with Gasteiger partial charge in [0.1, 0.15) is 5.82 Å². The van der Waals surface area contributed by atoms with Crippen molar-refractivity contribution in [2.75, 3.05) is 17.2 Å². The van der Waals surface area contributed by atoms with E-state index >= 15 is 0 Å². The van der Waals surface area contributed by atoms with Gasteiger partial charge in [0.15, 0.2) is 5.78 Å². The number of carbonyl (C=O) groups excluding carboxylic acids is 1. The second-order valence-electron chi connectivity index (χ2n) is 5.34.